The third kappa shape index (κ3) is 4.01. The Morgan fingerprint density at radius 1 is 1.41 bits per heavy atom. The molecule has 22 heavy (non-hydrogen) atoms. The van der Waals surface area contributed by atoms with Gasteiger partial charge in [-0.3, -0.25) is 4.79 Å². The van der Waals surface area contributed by atoms with Crippen molar-refractivity contribution in [1.29, 1.82) is 0 Å². The molecule has 1 aromatic heterocycles. The molecule has 0 atom stereocenters. The molecule has 6 heteroatoms. The zero-order chi connectivity index (χ0) is 16.1. The molecule has 0 spiro atoms. The van der Waals surface area contributed by atoms with Crippen molar-refractivity contribution >= 4 is 23.2 Å². The van der Waals surface area contributed by atoms with Crippen LogP contribution in [0.5, 0.6) is 5.75 Å². The molecule has 0 aliphatic heterocycles. The monoisotopic (exact) mass is 322 g/mol. The third-order valence-electron chi connectivity index (χ3n) is 3.20. The van der Waals surface area contributed by atoms with Crippen molar-refractivity contribution in [1.82, 2.24) is 5.16 Å². The van der Waals surface area contributed by atoms with Gasteiger partial charge in [0, 0.05) is 11.3 Å². The molecule has 5 nitrogen and oxygen atoms in total. The molecular formula is C16H19ClN2O3. The van der Waals surface area contributed by atoms with Gasteiger partial charge in [-0.1, -0.05) is 23.7 Å². The summed E-state index contributed by atoms with van der Waals surface area (Å²) in [6.07, 6.45) is 1.12. The van der Waals surface area contributed by atoms with E-state index in [0.717, 1.165) is 17.7 Å². The van der Waals surface area contributed by atoms with Crippen LogP contribution in [0.3, 0.4) is 0 Å². The number of hydrogen-bond donors (Lipinski definition) is 1. The second kappa shape index (κ2) is 7.31. The lowest BCUT2D eigenvalue weighted by Gasteiger charge is -2.09. The second-order valence-corrected chi connectivity index (χ2v) is 5.43. The molecule has 118 valence electrons. The molecule has 1 N–H and O–H groups in total. The van der Waals surface area contributed by atoms with Crippen LogP contribution in [0.1, 0.15) is 30.4 Å². The number of aryl methyl sites for hydroxylation is 2. The number of amides is 1. The summed E-state index contributed by atoms with van der Waals surface area (Å²) in [5.74, 6) is 1.13. The van der Waals surface area contributed by atoms with Crippen LogP contribution in [-0.2, 0) is 11.2 Å². The molecule has 1 amide bonds. The molecule has 0 saturated carbocycles. The number of nitrogens with one attached hydrogen (secondary N) is 1. The summed E-state index contributed by atoms with van der Waals surface area (Å²) >= 11 is 6.14. The number of anilines is 1. The number of hydrogen-bond acceptors (Lipinski definition) is 4. The molecule has 0 aliphatic rings. The molecule has 1 aromatic carbocycles. The average Bonchev–Trinajstić information content (AvgIpc) is 2.78. The highest BCUT2D eigenvalue weighted by Crippen LogP contribution is 2.28. The molecule has 2 rings (SSSR count). The van der Waals surface area contributed by atoms with Crippen molar-refractivity contribution in [3.05, 3.63) is 40.2 Å². The van der Waals surface area contributed by atoms with E-state index < -0.39 is 0 Å². The Morgan fingerprint density at radius 3 is 2.77 bits per heavy atom. The molecule has 0 fully saturated rings. The Bertz CT molecular complexity index is 648. The number of carbonyl (C=O) groups excluding carboxylic acids is 1. The highest BCUT2D eigenvalue weighted by atomic mass is 35.5. The zero-order valence-electron chi connectivity index (χ0n) is 12.9. The maximum atomic E-state index is 12.1. The van der Waals surface area contributed by atoms with E-state index in [9.17, 15) is 4.79 Å². The van der Waals surface area contributed by atoms with Crippen molar-refractivity contribution in [3.8, 4) is 5.75 Å². The highest BCUT2D eigenvalue weighted by Gasteiger charge is 2.14. The lowest BCUT2D eigenvalue weighted by molar-refractivity contribution is -0.115. The SMILES string of the molecule is CCCOc1ccc(NC(=O)Cc2c(C)noc2C)cc1Cl. The number of halogens is 1. The standard InChI is InChI=1S/C16H19ClN2O3/c1-4-7-21-15-6-5-12(8-14(15)17)18-16(20)9-13-10(2)19-22-11(13)3/h5-6,8H,4,7,9H2,1-3H3,(H,18,20). The molecule has 0 radical (unpaired) electrons. The molecule has 0 aliphatic carbocycles. The van der Waals surface area contributed by atoms with Gasteiger partial charge in [0.05, 0.1) is 23.7 Å². The maximum absolute atomic E-state index is 12.1. The zero-order valence-corrected chi connectivity index (χ0v) is 13.7. The van der Waals surface area contributed by atoms with Gasteiger partial charge < -0.3 is 14.6 Å². The average molecular weight is 323 g/mol. The molecule has 0 saturated heterocycles. The first-order valence-corrected chi connectivity index (χ1v) is 7.53. The van der Waals surface area contributed by atoms with Crippen molar-refractivity contribution in [2.45, 2.75) is 33.6 Å². The maximum Gasteiger partial charge on any atom is 0.229 e. The van der Waals surface area contributed by atoms with Crippen LogP contribution in [0.4, 0.5) is 5.69 Å². The van der Waals surface area contributed by atoms with E-state index in [1.165, 1.54) is 0 Å². The fraction of sp³-hybridized carbons (Fsp3) is 0.375. The van der Waals surface area contributed by atoms with E-state index in [4.69, 9.17) is 20.9 Å². The molecule has 0 bridgehead atoms. The lowest BCUT2D eigenvalue weighted by atomic mass is 10.1. The van der Waals surface area contributed by atoms with Gasteiger partial charge in [0.25, 0.3) is 0 Å². The van der Waals surface area contributed by atoms with E-state index in [0.29, 0.717) is 28.8 Å². The first-order valence-electron chi connectivity index (χ1n) is 7.15. The summed E-state index contributed by atoms with van der Waals surface area (Å²) in [5, 5.41) is 7.12. The predicted octanol–water partition coefficient (Wildman–Crippen LogP) is 3.91. The van der Waals surface area contributed by atoms with E-state index in [1.807, 2.05) is 13.8 Å². The van der Waals surface area contributed by atoms with E-state index in [2.05, 4.69) is 10.5 Å². The molecule has 1 heterocycles. The largest absolute Gasteiger partial charge is 0.492 e. The van der Waals surface area contributed by atoms with Gasteiger partial charge in [-0.2, -0.15) is 0 Å². The van der Waals surface area contributed by atoms with Crippen LogP contribution in [0, 0.1) is 13.8 Å². The first kappa shape index (κ1) is 16.4. The molecule has 2 aromatic rings. The molecule has 0 unspecified atom stereocenters. The van der Waals surface area contributed by atoms with Crippen molar-refractivity contribution in [2.24, 2.45) is 0 Å². The van der Waals surface area contributed by atoms with Crippen LogP contribution in [0.15, 0.2) is 22.7 Å². The van der Waals surface area contributed by atoms with Crippen LogP contribution in [0.25, 0.3) is 0 Å². The number of aromatic nitrogens is 1. The minimum atomic E-state index is -0.146. The predicted molar refractivity (Wildman–Crippen MR) is 85.5 cm³/mol. The Morgan fingerprint density at radius 2 is 2.18 bits per heavy atom. The van der Waals surface area contributed by atoms with Gasteiger partial charge in [-0.05, 0) is 38.5 Å². The van der Waals surface area contributed by atoms with E-state index in [1.54, 1.807) is 25.1 Å². The number of carbonyl (C=O) groups is 1. The third-order valence-corrected chi connectivity index (χ3v) is 3.49. The van der Waals surface area contributed by atoms with E-state index >= 15 is 0 Å². The highest BCUT2D eigenvalue weighted by molar-refractivity contribution is 6.32. The summed E-state index contributed by atoms with van der Waals surface area (Å²) in [4.78, 5) is 12.1. The van der Waals surface area contributed by atoms with Gasteiger partial charge in [0.2, 0.25) is 5.91 Å². The van der Waals surface area contributed by atoms with Gasteiger partial charge >= 0.3 is 0 Å². The van der Waals surface area contributed by atoms with Gasteiger partial charge in [0.1, 0.15) is 11.5 Å². The normalized spacial score (nSPS) is 10.5. The van der Waals surface area contributed by atoms with Crippen molar-refractivity contribution in [3.63, 3.8) is 0 Å². The van der Waals surface area contributed by atoms with E-state index in [-0.39, 0.29) is 12.3 Å². The van der Waals surface area contributed by atoms with Crippen LogP contribution in [0.2, 0.25) is 5.02 Å². The quantitative estimate of drug-likeness (QED) is 0.875. The summed E-state index contributed by atoms with van der Waals surface area (Å²) in [6.45, 7) is 6.24. The Kier molecular flexibility index (Phi) is 5.44. The second-order valence-electron chi connectivity index (χ2n) is 5.02. The van der Waals surface area contributed by atoms with Gasteiger partial charge in [-0.25, -0.2) is 0 Å². The summed E-state index contributed by atoms with van der Waals surface area (Å²) in [7, 11) is 0. The Labute approximate surface area is 134 Å². The van der Waals surface area contributed by atoms with Crippen molar-refractivity contribution < 1.29 is 14.1 Å². The lowest BCUT2D eigenvalue weighted by Crippen LogP contribution is -2.15. The Balaban J connectivity index is 2.01. The Hall–Kier alpha value is -2.01. The topological polar surface area (TPSA) is 64.4 Å². The summed E-state index contributed by atoms with van der Waals surface area (Å²) < 4.78 is 10.5. The minimum Gasteiger partial charge on any atom is -0.492 e. The smallest absolute Gasteiger partial charge is 0.229 e. The summed E-state index contributed by atoms with van der Waals surface area (Å²) in [6, 6.07) is 5.20. The summed E-state index contributed by atoms with van der Waals surface area (Å²) in [5.41, 5.74) is 2.17. The molecular weight excluding hydrogens is 304 g/mol. The van der Waals surface area contributed by atoms with Gasteiger partial charge in [-0.15, -0.1) is 0 Å². The number of nitrogens with zero attached hydrogens (tertiary/aromatic N) is 1. The minimum absolute atomic E-state index is 0.146. The first-order chi connectivity index (χ1) is 10.5. The van der Waals surface area contributed by atoms with Gasteiger partial charge in [0.15, 0.2) is 0 Å². The van der Waals surface area contributed by atoms with Crippen LogP contribution in [-0.4, -0.2) is 17.7 Å². The van der Waals surface area contributed by atoms with Crippen molar-refractivity contribution in [2.75, 3.05) is 11.9 Å². The number of rotatable bonds is 6. The number of ether oxygens (including phenoxy) is 1. The fourth-order valence-electron chi connectivity index (χ4n) is 2.03. The van der Waals surface area contributed by atoms with Crippen LogP contribution < -0.4 is 10.1 Å². The number of benzene rings is 1. The fourth-order valence-corrected chi connectivity index (χ4v) is 2.26. The van der Waals surface area contributed by atoms with Crippen LogP contribution >= 0.6 is 11.6 Å².